The normalized spacial score (nSPS) is 19.2. The highest BCUT2D eigenvalue weighted by Crippen LogP contribution is 2.36. The van der Waals surface area contributed by atoms with E-state index in [-0.39, 0.29) is 17.8 Å². The molecule has 0 radical (unpaired) electrons. The maximum Gasteiger partial charge on any atom is 0.407 e. The molecule has 1 aliphatic carbocycles. The molecule has 0 spiro atoms. The molecule has 1 amide bonds. The molecule has 120 valence electrons. The number of amides is 1. The van der Waals surface area contributed by atoms with Crippen LogP contribution in [0.5, 0.6) is 0 Å². The number of halogens is 1. The fourth-order valence-electron chi connectivity index (χ4n) is 3.30. The maximum absolute atomic E-state index is 13.5. The van der Waals surface area contributed by atoms with Gasteiger partial charge in [0.1, 0.15) is 5.82 Å². The number of carbonyl (C=O) groups excluding carboxylic acids is 1. The number of hydrogen-bond donors (Lipinski definition) is 1. The molecular formula is C19H20FNO2. The monoisotopic (exact) mass is 313 g/mol. The largest absolute Gasteiger partial charge is 0.450 e. The molecule has 2 atom stereocenters. The van der Waals surface area contributed by atoms with Crippen LogP contribution in [-0.4, -0.2) is 18.7 Å². The lowest BCUT2D eigenvalue weighted by Gasteiger charge is -2.21. The van der Waals surface area contributed by atoms with Crippen molar-refractivity contribution in [2.75, 3.05) is 6.61 Å². The Balaban J connectivity index is 1.85. The van der Waals surface area contributed by atoms with Crippen LogP contribution in [0.15, 0.2) is 48.5 Å². The number of fused-ring (bicyclic) bond motifs is 1. The predicted molar refractivity (Wildman–Crippen MR) is 86.9 cm³/mol. The number of ether oxygens (including phenoxy) is 1. The van der Waals surface area contributed by atoms with E-state index in [1.165, 1.54) is 11.6 Å². The molecule has 3 rings (SSSR count). The van der Waals surface area contributed by atoms with Crippen molar-refractivity contribution < 1.29 is 13.9 Å². The third-order valence-electron chi connectivity index (χ3n) is 4.31. The second-order valence-corrected chi connectivity index (χ2v) is 5.81. The molecule has 2 aromatic rings. The highest BCUT2D eigenvalue weighted by molar-refractivity contribution is 5.68. The molecule has 0 aliphatic heterocycles. The summed E-state index contributed by atoms with van der Waals surface area (Å²) in [5, 5.41) is 2.93. The van der Waals surface area contributed by atoms with Crippen LogP contribution in [-0.2, 0) is 17.6 Å². The van der Waals surface area contributed by atoms with Crippen LogP contribution in [0.2, 0.25) is 0 Å². The Bertz CT molecular complexity index is 687. The Labute approximate surface area is 135 Å². The summed E-state index contributed by atoms with van der Waals surface area (Å²) < 4.78 is 18.5. The van der Waals surface area contributed by atoms with Gasteiger partial charge in [0.05, 0.1) is 6.61 Å². The minimum atomic E-state index is -0.413. The summed E-state index contributed by atoms with van der Waals surface area (Å²) in [6.45, 7) is 2.11. The number of benzene rings is 2. The number of carbonyl (C=O) groups is 1. The first-order chi connectivity index (χ1) is 11.2. The molecule has 3 nitrogen and oxygen atoms in total. The van der Waals surface area contributed by atoms with Gasteiger partial charge >= 0.3 is 6.09 Å². The SMILES string of the molecule is CCOC(=O)NC1Cc2cc(F)ccc2C1Cc1ccccc1. The minimum Gasteiger partial charge on any atom is -0.450 e. The lowest BCUT2D eigenvalue weighted by Crippen LogP contribution is -2.38. The van der Waals surface area contributed by atoms with E-state index < -0.39 is 6.09 Å². The van der Waals surface area contributed by atoms with Crippen molar-refractivity contribution in [3.8, 4) is 0 Å². The van der Waals surface area contributed by atoms with E-state index in [4.69, 9.17) is 4.74 Å². The number of hydrogen-bond acceptors (Lipinski definition) is 2. The fraction of sp³-hybridized carbons (Fsp3) is 0.316. The Morgan fingerprint density at radius 3 is 2.78 bits per heavy atom. The first-order valence-corrected chi connectivity index (χ1v) is 7.93. The molecule has 0 heterocycles. The molecule has 2 aromatic carbocycles. The van der Waals surface area contributed by atoms with E-state index >= 15 is 0 Å². The van der Waals surface area contributed by atoms with Crippen LogP contribution in [0.1, 0.15) is 29.5 Å². The second-order valence-electron chi connectivity index (χ2n) is 5.81. The Kier molecular flexibility index (Phi) is 4.60. The molecule has 1 N–H and O–H groups in total. The zero-order valence-corrected chi connectivity index (χ0v) is 13.1. The molecule has 4 heteroatoms. The first-order valence-electron chi connectivity index (χ1n) is 7.93. The summed E-state index contributed by atoms with van der Waals surface area (Å²) in [4.78, 5) is 11.8. The van der Waals surface area contributed by atoms with Crippen LogP contribution >= 0.6 is 0 Å². The molecule has 0 aromatic heterocycles. The number of nitrogens with one attached hydrogen (secondary N) is 1. The average molecular weight is 313 g/mol. The van der Waals surface area contributed by atoms with E-state index in [9.17, 15) is 9.18 Å². The van der Waals surface area contributed by atoms with Gasteiger partial charge in [-0.15, -0.1) is 0 Å². The molecule has 2 unspecified atom stereocenters. The lowest BCUT2D eigenvalue weighted by atomic mass is 9.91. The zero-order chi connectivity index (χ0) is 16.2. The van der Waals surface area contributed by atoms with Gasteiger partial charge in [-0.05, 0) is 48.6 Å². The average Bonchev–Trinajstić information content (AvgIpc) is 2.85. The molecular weight excluding hydrogens is 293 g/mol. The third-order valence-corrected chi connectivity index (χ3v) is 4.31. The molecule has 23 heavy (non-hydrogen) atoms. The van der Waals surface area contributed by atoms with Crippen molar-refractivity contribution in [2.45, 2.75) is 31.7 Å². The third kappa shape index (κ3) is 3.52. The van der Waals surface area contributed by atoms with Gasteiger partial charge in [-0.2, -0.15) is 0 Å². The standard InChI is InChI=1S/C19H20FNO2/c1-2-23-19(22)21-18-12-14-11-15(20)8-9-16(14)17(18)10-13-6-4-3-5-7-13/h3-9,11,17-18H,2,10,12H2,1H3,(H,21,22). The molecule has 0 bridgehead atoms. The van der Waals surface area contributed by atoms with E-state index in [0.29, 0.717) is 13.0 Å². The number of rotatable bonds is 4. The zero-order valence-electron chi connectivity index (χ0n) is 13.1. The van der Waals surface area contributed by atoms with Crippen molar-refractivity contribution in [1.29, 1.82) is 0 Å². The van der Waals surface area contributed by atoms with E-state index in [1.807, 2.05) is 24.3 Å². The second kappa shape index (κ2) is 6.82. The highest BCUT2D eigenvalue weighted by Gasteiger charge is 2.34. The van der Waals surface area contributed by atoms with Crippen molar-refractivity contribution in [3.05, 3.63) is 71.0 Å². The van der Waals surface area contributed by atoms with Crippen LogP contribution in [0.3, 0.4) is 0 Å². The van der Waals surface area contributed by atoms with Crippen LogP contribution in [0, 0.1) is 5.82 Å². The number of alkyl carbamates (subject to hydrolysis) is 1. The van der Waals surface area contributed by atoms with Crippen LogP contribution < -0.4 is 5.32 Å². The van der Waals surface area contributed by atoms with Gasteiger partial charge in [0.15, 0.2) is 0 Å². The van der Waals surface area contributed by atoms with Gasteiger partial charge in [0, 0.05) is 12.0 Å². The maximum atomic E-state index is 13.5. The van der Waals surface area contributed by atoms with Gasteiger partial charge in [-0.3, -0.25) is 0 Å². The summed E-state index contributed by atoms with van der Waals surface area (Å²) in [7, 11) is 0. The molecule has 0 saturated carbocycles. The summed E-state index contributed by atoms with van der Waals surface area (Å²) in [5.74, 6) is -0.114. The summed E-state index contributed by atoms with van der Waals surface area (Å²) >= 11 is 0. The first kappa shape index (κ1) is 15.5. The highest BCUT2D eigenvalue weighted by atomic mass is 19.1. The molecule has 0 fully saturated rings. The predicted octanol–water partition coefficient (Wildman–Crippen LogP) is 3.82. The fourth-order valence-corrected chi connectivity index (χ4v) is 3.30. The molecule has 0 saturated heterocycles. The van der Waals surface area contributed by atoms with Gasteiger partial charge in [-0.1, -0.05) is 36.4 Å². The Hall–Kier alpha value is -2.36. The molecule has 1 aliphatic rings. The Morgan fingerprint density at radius 1 is 1.26 bits per heavy atom. The van der Waals surface area contributed by atoms with Crippen molar-refractivity contribution in [2.24, 2.45) is 0 Å². The van der Waals surface area contributed by atoms with Gasteiger partial charge in [0.2, 0.25) is 0 Å². The van der Waals surface area contributed by atoms with E-state index in [1.54, 1.807) is 13.0 Å². The van der Waals surface area contributed by atoms with Crippen molar-refractivity contribution >= 4 is 6.09 Å². The minimum absolute atomic E-state index is 0.0777. The Morgan fingerprint density at radius 2 is 2.04 bits per heavy atom. The van der Waals surface area contributed by atoms with Crippen LogP contribution in [0.25, 0.3) is 0 Å². The van der Waals surface area contributed by atoms with Gasteiger partial charge < -0.3 is 10.1 Å². The van der Waals surface area contributed by atoms with Gasteiger partial charge in [-0.25, -0.2) is 9.18 Å². The van der Waals surface area contributed by atoms with E-state index in [2.05, 4.69) is 17.4 Å². The topological polar surface area (TPSA) is 38.3 Å². The van der Waals surface area contributed by atoms with Crippen LogP contribution in [0.4, 0.5) is 9.18 Å². The summed E-state index contributed by atoms with van der Waals surface area (Å²) in [6, 6.07) is 15.0. The van der Waals surface area contributed by atoms with Crippen molar-refractivity contribution in [1.82, 2.24) is 5.32 Å². The summed E-state index contributed by atoms with van der Waals surface area (Å²) in [5.41, 5.74) is 3.27. The summed E-state index contributed by atoms with van der Waals surface area (Å²) in [6.07, 6.45) is 1.02. The van der Waals surface area contributed by atoms with Crippen molar-refractivity contribution in [3.63, 3.8) is 0 Å². The van der Waals surface area contributed by atoms with Gasteiger partial charge in [0.25, 0.3) is 0 Å². The smallest absolute Gasteiger partial charge is 0.407 e. The lowest BCUT2D eigenvalue weighted by molar-refractivity contribution is 0.147. The quantitative estimate of drug-likeness (QED) is 0.932. The van der Waals surface area contributed by atoms with E-state index in [0.717, 1.165) is 17.5 Å².